The quantitative estimate of drug-likeness (QED) is 0.658. The molecular weight excluding hydrogens is 427 g/mol. The Morgan fingerprint density at radius 2 is 1.91 bits per heavy atom. The summed E-state index contributed by atoms with van der Waals surface area (Å²) in [4.78, 5) is 42.8. The number of halogens is 3. The molecule has 2 aromatic heterocycles. The topological polar surface area (TPSA) is 84.4 Å². The monoisotopic (exact) mass is 445 g/mol. The number of carbonyl (C=O) groups excluding carboxylic acids is 1. The number of benzene rings is 1. The summed E-state index contributed by atoms with van der Waals surface area (Å²) < 4.78 is 43.3. The molecule has 32 heavy (non-hydrogen) atoms. The highest BCUT2D eigenvalue weighted by atomic mass is 19.4. The molecule has 2 atom stereocenters. The molecule has 1 N–H and O–H groups in total. The van der Waals surface area contributed by atoms with E-state index in [9.17, 15) is 27.6 Å². The number of H-pyrrole nitrogens is 1. The van der Waals surface area contributed by atoms with E-state index in [4.69, 9.17) is 0 Å². The van der Waals surface area contributed by atoms with Crippen LogP contribution in [0.25, 0.3) is 10.9 Å². The van der Waals surface area contributed by atoms with Crippen molar-refractivity contribution in [3.63, 3.8) is 0 Å². The summed E-state index contributed by atoms with van der Waals surface area (Å²) in [6.07, 6.45) is -2.75. The number of alkyl halides is 3. The van der Waals surface area contributed by atoms with E-state index in [1.54, 1.807) is 15.5 Å². The molecule has 1 fully saturated rings. The number of pyridine rings is 2. The molecule has 1 saturated heterocycles. The number of carbonyl (C=O) groups is 1. The van der Waals surface area contributed by atoms with Crippen molar-refractivity contribution < 1.29 is 22.7 Å². The third kappa shape index (κ3) is 3.55. The Kier molecular flexibility index (Phi) is 4.61. The highest BCUT2D eigenvalue weighted by molar-refractivity contribution is 5.97. The molecular formula is C22H18F3N3O4. The third-order valence-electron chi connectivity index (χ3n) is 6.08. The van der Waals surface area contributed by atoms with Crippen LogP contribution in [0.2, 0.25) is 0 Å². The number of aromatic amines is 1. The van der Waals surface area contributed by atoms with E-state index < -0.39 is 23.4 Å². The normalized spacial score (nSPS) is 20.2. The fourth-order valence-electron chi connectivity index (χ4n) is 4.79. The number of ether oxygens (including phenoxy) is 1. The number of hydrogen-bond donors (Lipinski definition) is 1. The molecule has 0 aliphatic carbocycles. The fourth-order valence-corrected chi connectivity index (χ4v) is 4.79. The van der Waals surface area contributed by atoms with E-state index in [1.807, 2.05) is 6.07 Å². The summed E-state index contributed by atoms with van der Waals surface area (Å²) >= 11 is 0. The molecule has 2 aliphatic rings. The van der Waals surface area contributed by atoms with Crippen molar-refractivity contribution in [2.45, 2.75) is 25.2 Å². The maximum absolute atomic E-state index is 13.2. The largest absolute Gasteiger partial charge is 0.573 e. The van der Waals surface area contributed by atoms with Crippen LogP contribution in [0.5, 0.6) is 5.75 Å². The van der Waals surface area contributed by atoms with Crippen molar-refractivity contribution in [1.82, 2.24) is 14.5 Å². The molecule has 10 heteroatoms. The zero-order valence-corrected chi connectivity index (χ0v) is 16.7. The molecule has 1 aromatic carbocycles. The molecule has 0 saturated carbocycles. The lowest BCUT2D eigenvalue weighted by Crippen LogP contribution is -2.49. The van der Waals surface area contributed by atoms with E-state index in [0.29, 0.717) is 25.2 Å². The van der Waals surface area contributed by atoms with Gasteiger partial charge in [0, 0.05) is 54.4 Å². The van der Waals surface area contributed by atoms with Gasteiger partial charge in [0.15, 0.2) is 0 Å². The second-order valence-corrected chi connectivity index (χ2v) is 8.19. The number of fused-ring (bicyclic) bond motifs is 5. The van der Waals surface area contributed by atoms with Crippen LogP contribution in [0, 0.1) is 5.92 Å². The van der Waals surface area contributed by atoms with Crippen molar-refractivity contribution in [1.29, 1.82) is 0 Å². The van der Waals surface area contributed by atoms with Crippen LogP contribution in [0.1, 0.15) is 28.4 Å². The smallest absolute Gasteiger partial charge is 0.406 e. The van der Waals surface area contributed by atoms with Gasteiger partial charge in [-0.1, -0.05) is 6.07 Å². The van der Waals surface area contributed by atoms with Crippen LogP contribution in [0.4, 0.5) is 13.2 Å². The minimum Gasteiger partial charge on any atom is -0.406 e. The van der Waals surface area contributed by atoms with Crippen LogP contribution in [-0.2, 0) is 6.54 Å². The molecule has 1 amide bonds. The molecule has 4 heterocycles. The van der Waals surface area contributed by atoms with E-state index >= 15 is 0 Å². The Bertz CT molecular complexity index is 1340. The van der Waals surface area contributed by atoms with Gasteiger partial charge in [0.25, 0.3) is 11.5 Å². The summed E-state index contributed by atoms with van der Waals surface area (Å²) in [7, 11) is 0. The van der Waals surface area contributed by atoms with Crippen molar-refractivity contribution in [3.05, 3.63) is 74.4 Å². The summed E-state index contributed by atoms with van der Waals surface area (Å²) in [6, 6.07) is 8.46. The molecule has 0 radical (unpaired) electrons. The van der Waals surface area contributed by atoms with Gasteiger partial charge in [0.1, 0.15) is 11.3 Å². The summed E-state index contributed by atoms with van der Waals surface area (Å²) in [5.41, 5.74) is 0.285. The minimum atomic E-state index is -4.89. The molecule has 2 aliphatic heterocycles. The first kappa shape index (κ1) is 20.3. The second-order valence-electron chi connectivity index (χ2n) is 8.19. The molecule has 7 nitrogen and oxygen atoms in total. The average Bonchev–Trinajstić information content (AvgIpc) is 2.73. The van der Waals surface area contributed by atoms with Crippen molar-refractivity contribution in [2.24, 2.45) is 5.92 Å². The van der Waals surface area contributed by atoms with Crippen LogP contribution >= 0.6 is 0 Å². The number of rotatable bonds is 2. The van der Waals surface area contributed by atoms with Crippen LogP contribution in [0.3, 0.4) is 0 Å². The number of likely N-dealkylation sites (tertiary alicyclic amines) is 1. The lowest BCUT2D eigenvalue weighted by Gasteiger charge is -2.42. The number of nitrogens with one attached hydrogen (secondary N) is 1. The lowest BCUT2D eigenvalue weighted by atomic mass is 9.83. The summed E-state index contributed by atoms with van der Waals surface area (Å²) in [5, 5.41) is -0.0632. The molecule has 166 valence electrons. The average molecular weight is 445 g/mol. The van der Waals surface area contributed by atoms with Gasteiger partial charge in [0.2, 0.25) is 5.43 Å². The van der Waals surface area contributed by atoms with Crippen LogP contribution in [-0.4, -0.2) is 39.8 Å². The Labute approximate surface area is 179 Å². The summed E-state index contributed by atoms with van der Waals surface area (Å²) in [6.45, 7) is 1.25. The molecule has 0 unspecified atom stereocenters. The molecule has 2 bridgehead atoms. The van der Waals surface area contributed by atoms with Crippen LogP contribution < -0.4 is 15.7 Å². The Hall–Kier alpha value is -3.56. The standard InChI is InChI=1S/C22H18F3N3O4/c23-22(24,25)32-14-4-5-17-15(7-14)20(30)16(8-26-17)21(31)27-9-12-6-13(11-27)18-2-1-3-19(29)28(18)10-12/h1-5,7-8,12-13H,6,9-11H2,(H,26,30)/t12-,13+/m1/s1. The molecule has 3 aromatic rings. The number of piperidine rings is 1. The predicted octanol–water partition coefficient (Wildman–Crippen LogP) is 2.85. The molecule has 5 rings (SSSR count). The van der Waals surface area contributed by atoms with E-state index in [2.05, 4.69) is 9.72 Å². The van der Waals surface area contributed by atoms with Crippen molar-refractivity contribution >= 4 is 16.8 Å². The number of aromatic nitrogens is 2. The Morgan fingerprint density at radius 3 is 2.69 bits per heavy atom. The van der Waals surface area contributed by atoms with Gasteiger partial charge < -0.3 is 19.2 Å². The van der Waals surface area contributed by atoms with Crippen LogP contribution in [0.15, 0.2) is 52.2 Å². The third-order valence-corrected chi connectivity index (χ3v) is 6.08. The number of amides is 1. The van der Waals surface area contributed by atoms with Gasteiger partial charge in [-0.2, -0.15) is 0 Å². The predicted molar refractivity (Wildman–Crippen MR) is 109 cm³/mol. The Morgan fingerprint density at radius 1 is 1.09 bits per heavy atom. The van der Waals surface area contributed by atoms with Gasteiger partial charge in [-0.3, -0.25) is 14.4 Å². The Balaban J connectivity index is 1.47. The first-order valence-electron chi connectivity index (χ1n) is 10.1. The number of hydrogen-bond acceptors (Lipinski definition) is 4. The van der Waals surface area contributed by atoms with Gasteiger partial charge in [0.05, 0.1) is 0 Å². The van der Waals surface area contributed by atoms with Gasteiger partial charge in [-0.25, -0.2) is 0 Å². The van der Waals surface area contributed by atoms with Crippen molar-refractivity contribution in [2.75, 3.05) is 13.1 Å². The molecule has 0 spiro atoms. The SMILES string of the molecule is O=C(c1c[nH]c2ccc(OC(F)(F)F)cc2c1=O)N1C[C@H]2C[C@@H](C1)c1cccc(=O)n1C2. The maximum Gasteiger partial charge on any atom is 0.573 e. The number of nitrogens with zero attached hydrogens (tertiary/aromatic N) is 2. The van der Waals surface area contributed by atoms with E-state index in [1.165, 1.54) is 18.3 Å². The first-order valence-corrected chi connectivity index (χ1v) is 10.1. The van der Waals surface area contributed by atoms with Gasteiger partial charge in [-0.05, 0) is 36.6 Å². The summed E-state index contributed by atoms with van der Waals surface area (Å²) in [5.74, 6) is -0.963. The maximum atomic E-state index is 13.2. The minimum absolute atomic E-state index is 0.0216. The van der Waals surface area contributed by atoms with Gasteiger partial charge >= 0.3 is 6.36 Å². The zero-order chi connectivity index (χ0) is 22.6. The zero-order valence-electron chi connectivity index (χ0n) is 16.7. The van der Waals surface area contributed by atoms with Crippen molar-refractivity contribution in [3.8, 4) is 5.75 Å². The lowest BCUT2D eigenvalue weighted by molar-refractivity contribution is -0.274. The second kappa shape index (κ2) is 7.25. The van der Waals surface area contributed by atoms with Gasteiger partial charge in [-0.15, -0.1) is 13.2 Å². The first-order chi connectivity index (χ1) is 15.2. The van der Waals surface area contributed by atoms with E-state index in [0.717, 1.165) is 24.2 Å². The highest BCUT2D eigenvalue weighted by Crippen LogP contribution is 2.35. The van der Waals surface area contributed by atoms with E-state index in [-0.39, 0.29) is 28.3 Å². The highest BCUT2D eigenvalue weighted by Gasteiger charge is 2.37. The fraction of sp³-hybridized carbons (Fsp3) is 0.318.